The maximum atomic E-state index is 12.7. The Morgan fingerprint density at radius 1 is 1.00 bits per heavy atom. The van der Waals surface area contributed by atoms with Crippen LogP contribution in [0.5, 0.6) is 17.2 Å². The molecule has 2 aromatic carbocycles. The van der Waals surface area contributed by atoms with E-state index >= 15 is 0 Å². The number of phenols is 1. The number of carbonyl (C=O) groups excluding carboxylic acids is 1. The summed E-state index contributed by atoms with van der Waals surface area (Å²) < 4.78 is 22.3. The highest BCUT2D eigenvalue weighted by Crippen LogP contribution is 2.43. The molecule has 2 heterocycles. The van der Waals surface area contributed by atoms with Crippen molar-refractivity contribution in [2.45, 2.75) is 49.3 Å². The number of ketones is 1. The van der Waals surface area contributed by atoms with Crippen LogP contribution in [0.15, 0.2) is 42.5 Å². The molecule has 0 amide bonds. The van der Waals surface area contributed by atoms with Gasteiger partial charge in [-0.05, 0) is 29.8 Å². The first-order valence-corrected chi connectivity index (χ1v) is 10.4. The lowest BCUT2D eigenvalue weighted by molar-refractivity contribution is -0.277. The normalized spacial score (nSPS) is 32.0. The second-order valence-corrected chi connectivity index (χ2v) is 7.99. The summed E-state index contributed by atoms with van der Waals surface area (Å²) >= 11 is 0. The van der Waals surface area contributed by atoms with Crippen LogP contribution in [-0.2, 0) is 14.3 Å². The molecule has 178 valence electrons. The van der Waals surface area contributed by atoms with Crippen LogP contribution in [-0.4, -0.2) is 75.7 Å². The number of aliphatic hydroxyl groups excluding tert-OH is 4. The van der Waals surface area contributed by atoms with Gasteiger partial charge in [0.05, 0.1) is 19.8 Å². The SMILES string of the molecule is COc1ccc([C@H]2OC(c3ccc(O)cc3OC3OC(CO)C(O)C(O)C3O)CC2=O)cc1. The number of hydrogen-bond acceptors (Lipinski definition) is 10. The summed E-state index contributed by atoms with van der Waals surface area (Å²) in [5.41, 5.74) is 1.09. The average Bonchev–Trinajstić information content (AvgIpc) is 3.20. The first-order valence-electron chi connectivity index (χ1n) is 10.4. The minimum atomic E-state index is -1.63. The van der Waals surface area contributed by atoms with E-state index in [1.165, 1.54) is 18.2 Å². The topological polar surface area (TPSA) is 155 Å². The highest BCUT2D eigenvalue weighted by Gasteiger charge is 2.45. The number of aliphatic hydroxyl groups is 4. The molecule has 0 aromatic heterocycles. The van der Waals surface area contributed by atoms with Crippen LogP contribution in [0.3, 0.4) is 0 Å². The summed E-state index contributed by atoms with van der Waals surface area (Å²) in [6.07, 6.45) is -8.84. The molecule has 2 aliphatic rings. The Bertz CT molecular complexity index is 976. The molecule has 2 aliphatic heterocycles. The van der Waals surface area contributed by atoms with Crippen molar-refractivity contribution < 1.29 is 49.3 Å². The number of aromatic hydroxyl groups is 1. The Labute approximate surface area is 189 Å². The van der Waals surface area contributed by atoms with E-state index < -0.39 is 49.5 Å². The van der Waals surface area contributed by atoms with E-state index in [0.29, 0.717) is 16.9 Å². The van der Waals surface area contributed by atoms with Crippen LogP contribution < -0.4 is 9.47 Å². The van der Waals surface area contributed by atoms with E-state index in [9.17, 15) is 30.3 Å². The van der Waals surface area contributed by atoms with Gasteiger partial charge < -0.3 is 44.5 Å². The largest absolute Gasteiger partial charge is 0.508 e. The van der Waals surface area contributed by atoms with Gasteiger partial charge in [0, 0.05) is 18.1 Å². The molecule has 2 fully saturated rings. The van der Waals surface area contributed by atoms with Gasteiger partial charge in [-0.3, -0.25) is 4.79 Å². The lowest BCUT2D eigenvalue weighted by atomic mass is 9.99. The van der Waals surface area contributed by atoms with Gasteiger partial charge in [-0.1, -0.05) is 12.1 Å². The quantitative estimate of drug-likeness (QED) is 0.406. The van der Waals surface area contributed by atoms with Crippen molar-refractivity contribution >= 4 is 5.78 Å². The molecule has 6 unspecified atom stereocenters. The van der Waals surface area contributed by atoms with Gasteiger partial charge in [-0.15, -0.1) is 0 Å². The number of hydrogen-bond donors (Lipinski definition) is 5. The zero-order chi connectivity index (χ0) is 23.7. The zero-order valence-corrected chi connectivity index (χ0v) is 17.8. The number of ether oxygens (including phenoxy) is 4. The summed E-state index contributed by atoms with van der Waals surface area (Å²) in [4.78, 5) is 12.7. The molecule has 2 saturated heterocycles. The molecule has 0 radical (unpaired) electrons. The van der Waals surface area contributed by atoms with Gasteiger partial charge in [0.2, 0.25) is 6.29 Å². The number of Topliss-reactive ketones (excluding diaryl/α,β-unsaturated/α-hetero) is 1. The minimum absolute atomic E-state index is 0.0481. The molecular weight excluding hydrogens is 436 g/mol. The van der Waals surface area contributed by atoms with Crippen LogP contribution in [0.1, 0.15) is 29.8 Å². The molecule has 0 saturated carbocycles. The smallest absolute Gasteiger partial charge is 0.229 e. The average molecular weight is 462 g/mol. The van der Waals surface area contributed by atoms with Crippen molar-refractivity contribution in [2.75, 3.05) is 13.7 Å². The fraction of sp³-hybridized carbons (Fsp3) is 0.435. The Kier molecular flexibility index (Phi) is 6.84. The number of rotatable bonds is 6. The highest BCUT2D eigenvalue weighted by molar-refractivity contribution is 5.86. The maximum Gasteiger partial charge on any atom is 0.229 e. The summed E-state index contributed by atoms with van der Waals surface area (Å²) in [6, 6.07) is 11.2. The van der Waals surface area contributed by atoms with Crippen LogP contribution in [0.25, 0.3) is 0 Å². The summed E-state index contributed by atoms with van der Waals surface area (Å²) in [6.45, 7) is -0.610. The molecular formula is C23H26O10. The molecule has 10 nitrogen and oxygen atoms in total. The molecule has 0 spiro atoms. The van der Waals surface area contributed by atoms with Crippen LogP contribution in [0.2, 0.25) is 0 Å². The van der Waals surface area contributed by atoms with E-state index in [-0.39, 0.29) is 23.7 Å². The lowest BCUT2D eigenvalue weighted by Crippen LogP contribution is -2.60. The third kappa shape index (κ3) is 4.67. The van der Waals surface area contributed by atoms with E-state index in [1.807, 2.05) is 0 Å². The molecule has 5 N–H and O–H groups in total. The summed E-state index contributed by atoms with van der Waals surface area (Å²) in [5, 5.41) is 49.6. The monoisotopic (exact) mass is 462 g/mol. The summed E-state index contributed by atoms with van der Waals surface area (Å²) in [7, 11) is 1.55. The van der Waals surface area contributed by atoms with Gasteiger partial charge in [-0.25, -0.2) is 0 Å². The van der Waals surface area contributed by atoms with Crippen molar-refractivity contribution in [3.63, 3.8) is 0 Å². The molecule has 7 atom stereocenters. The maximum absolute atomic E-state index is 12.7. The van der Waals surface area contributed by atoms with Gasteiger partial charge in [0.1, 0.15) is 47.8 Å². The molecule has 0 bridgehead atoms. The first kappa shape index (κ1) is 23.4. The number of methoxy groups -OCH3 is 1. The van der Waals surface area contributed by atoms with Crippen LogP contribution in [0.4, 0.5) is 0 Å². The Morgan fingerprint density at radius 2 is 1.73 bits per heavy atom. The third-order valence-corrected chi connectivity index (χ3v) is 5.83. The molecule has 33 heavy (non-hydrogen) atoms. The zero-order valence-electron chi connectivity index (χ0n) is 17.8. The number of phenolic OH excluding ortho intramolecular Hbond substituents is 1. The van der Waals surface area contributed by atoms with Crippen molar-refractivity contribution in [3.05, 3.63) is 53.6 Å². The lowest BCUT2D eigenvalue weighted by Gasteiger charge is -2.39. The Morgan fingerprint density at radius 3 is 2.39 bits per heavy atom. The third-order valence-electron chi connectivity index (χ3n) is 5.83. The minimum Gasteiger partial charge on any atom is -0.508 e. The van der Waals surface area contributed by atoms with Gasteiger partial charge in [0.15, 0.2) is 5.78 Å². The predicted molar refractivity (Wildman–Crippen MR) is 112 cm³/mol. The first-order chi connectivity index (χ1) is 15.8. The molecule has 2 aromatic rings. The van der Waals surface area contributed by atoms with Gasteiger partial charge >= 0.3 is 0 Å². The predicted octanol–water partition coefficient (Wildman–Crippen LogP) is 0.351. The van der Waals surface area contributed by atoms with E-state index in [2.05, 4.69) is 0 Å². The van der Waals surface area contributed by atoms with Crippen LogP contribution in [0, 0.1) is 0 Å². The molecule has 0 aliphatic carbocycles. The highest BCUT2D eigenvalue weighted by atomic mass is 16.7. The van der Waals surface area contributed by atoms with E-state index in [4.69, 9.17) is 18.9 Å². The molecule has 10 heteroatoms. The standard InChI is InChI=1S/C23H26O10/c1-30-13-5-2-11(3-6-13)22-15(26)9-17(31-22)14-7-4-12(25)8-16(14)32-23-21(29)20(28)19(27)18(10-24)33-23/h2-8,17-25,27-29H,9-10H2,1H3/t17?,18?,19?,20?,21?,22-,23?/m1/s1. The Balaban J connectivity index is 1.56. The van der Waals surface area contributed by atoms with Gasteiger partial charge in [0.25, 0.3) is 0 Å². The fourth-order valence-corrected chi connectivity index (χ4v) is 3.99. The van der Waals surface area contributed by atoms with Crippen molar-refractivity contribution in [2.24, 2.45) is 0 Å². The van der Waals surface area contributed by atoms with Crippen molar-refractivity contribution in [1.29, 1.82) is 0 Å². The van der Waals surface area contributed by atoms with Crippen LogP contribution >= 0.6 is 0 Å². The molecule has 4 rings (SSSR count). The van der Waals surface area contributed by atoms with E-state index in [0.717, 1.165) is 0 Å². The number of benzene rings is 2. The number of carbonyl (C=O) groups is 1. The fourth-order valence-electron chi connectivity index (χ4n) is 3.99. The van der Waals surface area contributed by atoms with Crippen molar-refractivity contribution in [3.8, 4) is 17.2 Å². The second-order valence-electron chi connectivity index (χ2n) is 7.99. The van der Waals surface area contributed by atoms with Crippen molar-refractivity contribution in [1.82, 2.24) is 0 Å². The second kappa shape index (κ2) is 9.64. The Hall–Kier alpha value is -2.73. The van der Waals surface area contributed by atoms with E-state index in [1.54, 1.807) is 31.4 Å². The summed E-state index contributed by atoms with van der Waals surface area (Å²) in [5.74, 6) is 0.424. The van der Waals surface area contributed by atoms with Gasteiger partial charge in [-0.2, -0.15) is 0 Å².